The Bertz CT molecular complexity index is 3360. The van der Waals surface area contributed by atoms with Crippen LogP contribution >= 0.6 is 34.0 Å². The van der Waals surface area contributed by atoms with Crippen molar-refractivity contribution in [1.29, 1.82) is 0 Å². The van der Waals surface area contributed by atoms with E-state index < -0.39 is 0 Å². The minimum Gasteiger partial charge on any atom is -0.392 e. The normalized spacial score (nSPS) is 16.0. The zero-order valence-electron chi connectivity index (χ0n) is 48.5. The summed E-state index contributed by atoms with van der Waals surface area (Å²) in [5.74, 6) is 1.74. The minimum absolute atomic E-state index is 0.204. The molecule has 4 N–H and O–H groups in total. The zero-order valence-corrected chi connectivity index (χ0v) is 50.9. The second-order valence-electron chi connectivity index (χ2n) is 21.5. The number of nitrogens with zero attached hydrogens (tertiary/aromatic N) is 13. The van der Waals surface area contributed by atoms with Crippen molar-refractivity contribution in [3.8, 4) is 34.2 Å². The Labute approximate surface area is 499 Å². The lowest BCUT2D eigenvalue weighted by molar-refractivity contribution is 0.0342. The smallest absolute Gasteiger partial charge is 0.227 e. The number of morpholine rings is 1. The maximum atomic E-state index is 9.66. The molecule has 12 rings (SSSR count). The third kappa shape index (κ3) is 17.5. The molecule has 3 aliphatic rings. The van der Waals surface area contributed by atoms with Gasteiger partial charge in [-0.1, -0.05) is 25.1 Å². The van der Waals surface area contributed by atoms with Gasteiger partial charge >= 0.3 is 0 Å². The summed E-state index contributed by atoms with van der Waals surface area (Å²) in [6, 6.07) is 24.7. The summed E-state index contributed by atoms with van der Waals surface area (Å²) >= 11 is 5.02. The van der Waals surface area contributed by atoms with E-state index in [1.165, 1.54) is 33.4 Å². The molecule has 3 aromatic carbocycles. The quantitative estimate of drug-likeness (QED) is 0.0713. The second kappa shape index (κ2) is 28.5. The Kier molecular flexibility index (Phi) is 20.3. The summed E-state index contributed by atoms with van der Waals surface area (Å²) in [7, 11) is 0. The molecule has 432 valence electrons. The predicted octanol–water partition coefficient (Wildman–Crippen LogP) is 11.4. The van der Waals surface area contributed by atoms with Crippen molar-refractivity contribution < 1.29 is 9.84 Å². The van der Waals surface area contributed by atoms with Gasteiger partial charge in [-0.25, -0.2) is 44.9 Å². The molecule has 9 aromatic rings. The molecule has 0 amide bonds. The van der Waals surface area contributed by atoms with Crippen molar-refractivity contribution >= 4 is 68.9 Å². The molecule has 0 aliphatic carbocycles. The molecule has 9 heterocycles. The van der Waals surface area contributed by atoms with E-state index in [1.54, 1.807) is 52.6 Å². The lowest BCUT2D eigenvalue weighted by Gasteiger charge is -2.33. The predicted molar refractivity (Wildman–Crippen MR) is 336 cm³/mol. The number of thiazole rings is 3. The van der Waals surface area contributed by atoms with Crippen LogP contribution in [0.2, 0.25) is 0 Å². The molecule has 1 atom stereocenters. The maximum absolute atomic E-state index is 9.66. The van der Waals surface area contributed by atoms with Crippen LogP contribution < -0.4 is 16.0 Å². The van der Waals surface area contributed by atoms with Gasteiger partial charge in [0.05, 0.1) is 56.0 Å². The lowest BCUT2D eigenvalue weighted by atomic mass is 10.1. The van der Waals surface area contributed by atoms with Crippen molar-refractivity contribution in [2.75, 3.05) is 88.1 Å². The average molecular weight is 1170 g/mol. The molecule has 3 aliphatic heterocycles. The molecular weight excluding hydrogens is 1100 g/mol. The van der Waals surface area contributed by atoms with Crippen molar-refractivity contribution in [1.82, 2.24) is 64.5 Å². The highest BCUT2D eigenvalue weighted by Crippen LogP contribution is 2.28. The molecule has 83 heavy (non-hydrogen) atoms. The standard InChI is InChI=1S/C22H28N6S.2C20H23N5OS/c1-4-27-7-9-28(10-8-27)14-21-25-20(15-29-21)19-5-6-23-22(26-19)24-18-12-16(2)11-17(3)13-18;1-13-7-14(2)9-15(8-13)22-20-21-5-3-17(24-20)18-12-27-19(23-18)11-25-6-4-16(26)10-25;1-14-9-15(2)11-16(10-14)22-20-21-4-3-17(24-20)18-13-27-19(23-18)12-25-5-7-26-8-6-25/h5-6,11-13,15H,4,7-10,14H2,1-3H3,(H,23,24,26);3,5,7-9,12,16,26H,4,6,10-11H2,1-2H3,(H,21,22,24);3-4,9-11,13H,5-8,12H2,1-2H3,(H,21,22,24). The van der Waals surface area contributed by atoms with Crippen LogP contribution in [-0.4, -0.2) is 148 Å². The van der Waals surface area contributed by atoms with Gasteiger partial charge in [0, 0.05) is 104 Å². The first-order valence-electron chi connectivity index (χ1n) is 28.3. The number of anilines is 6. The Hall–Kier alpha value is -7.05. The highest BCUT2D eigenvalue weighted by molar-refractivity contribution is 7.10. The molecule has 1 unspecified atom stereocenters. The summed E-state index contributed by atoms with van der Waals surface area (Å²) < 4.78 is 5.41. The van der Waals surface area contributed by atoms with Crippen LogP contribution in [0.5, 0.6) is 0 Å². The van der Waals surface area contributed by atoms with Crippen molar-refractivity contribution in [3.05, 3.63) is 156 Å². The highest BCUT2D eigenvalue weighted by atomic mass is 32.1. The van der Waals surface area contributed by atoms with E-state index in [-0.39, 0.29) is 6.10 Å². The first-order chi connectivity index (χ1) is 40.3. The number of β-amino-alcohol motifs (C(OH)–C–C–N with tert-alkyl or cyclic N) is 1. The van der Waals surface area contributed by atoms with Crippen LogP contribution in [0.15, 0.2) is 108 Å². The topological polar surface area (TPSA) is 195 Å². The number of piperazine rings is 1. The van der Waals surface area contributed by atoms with Crippen molar-refractivity contribution in [2.24, 2.45) is 0 Å². The van der Waals surface area contributed by atoms with Crippen LogP contribution in [0.1, 0.15) is 61.7 Å². The Morgan fingerprint density at radius 1 is 0.446 bits per heavy atom. The third-order valence-electron chi connectivity index (χ3n) is 14.2. The molecule has 3 saturated heterocycles. The Morgan fingerprint density at radius 3 is 1.14 bits per heavy atom. The molecule has 0 spiro atoms. The van der Waals surface area contributed by atoms with E-state index in [2.05, 4.69) is 179 Å². The van der Waals surface area contributed by atoms with E-state index >= 15 is 0 Å². The molecule has 0 bridgehead atoms. The van der Waals surface area contributed by atoms with Gasteiger partial charge in [-0.3, -0.25) is 14.7 Å². The number of aliphatic hydroxyl groups excluding tert-OH is 1. The monoisotopic (exact) mass is 1170 g/mol. The van der Waals surface area contributed by atoms with Crippen LogP contribution in [0.3, 0.4) is 0 Å². The number of rotatable bonds is 16. The van der Waals surface area contributed by atoms with Gasteiger partial charge in [0.1, 0.15) is 32.1 Å². The van der Waals surface area contributed by atoms with Gasteiger partial charge in [-0.15, -0.1) is 34.0 Å². The fraction of sp³-hybridized carbons (Fsp3) is 0.371. The van der Waals surface area contributed by atoms with Gasteiger partial charge in [0.25, 0.3) is 0 Å². The molecule has 6 aromatic heterocycles. The maximum Gasteiger partial charge on any atom is 0.227 e. The largest absolute Gasteiger partial charge is 0.392 e. The molecule has 21 heteroatoms. The summed E-state index contributed by atoms with van der Waals surface area (Å²) in [5, 5.41) is 29.1. The zero-order chi connectivity index (χ0) is 57.7. The van der Waals surface area contributed by atoms with E-state index in [1.807, 2.05) is 23.6 Å². The number of likely N-dealkylation sites (tertiary alicyclic amines) is 1. The second-order valence-corrected chi connectivity index (χ2v) is 24.3. The number of nitrogens with one attached hydrogen (secondary N) is 3. The number of hydrogen-bond donors (Lipinski definition) is 4. The van der Waals surface area contributed by atoms with Crippen LogP contribution in [0.4, 0.5) is 34.9 Å². The SMILES string of the molecule is CCN1CCN(Cc2nc(-c3ccnc(Nc4cc(C)cc(C)c4)n3)cs2)CC1.Cc1cc(C)cc(Nc2nccc(-c3csc(CN4CCC(O)C4)n3)n2)c1.Cc1cc(C)cc(Nc2nccc(-c3csc(CN4CCOCC4)n3)n2)c1. The van der Waals surface area contributed by atoms with E-state index in [9.17, 15) is 5.11 Å². The van der Waals surface area contributed by atoms with Crippen LogP contribution in [-0.2, 0) is 24.4 Å². The van der Waals surface area contributed by atoms with Crippen LogP contribution in [0.25, 0.3) is 34.2 Å². The van der Waals surface area contributed by atoms with E-state index in [0.29, 0.717) is 17.8 Å². The van der Waals surface area contributed by atoms with Crippen LogP contribution in [0, 0.1) is 41.5 Å². The molecular formula is C62H74N16O2S3. The van der Waals surface area contributed by atoms with E-state index in [4.69, 9.17) is 19.7 Å². The lowest BCUT2D eigenvalue weighted by Crippen LogP contribution is -2.45. The Morgan fingerprint density at radius 2 is 0.795 bits per heavy atom. The van der Waals surface area contributed by atoms with Crippen molar-refractivity contribution in [2.45, 2.75) is 80.6 Å². The summed E-state index contributed by atoms with van der Waals surface area (Å²) in [4.78, 5) is 50.9. The number of likely N-dealkylation sites (N-methyl/N-ethyl adjacent to an activating group) is 1. The van der Waals surface area contributed by atoms with Gasteiger partial charge in [0.2, 0.25) is 17.8 Å². The molecule has 0 saturated carbocycles. The number of benzene rings is 3. The van der Waals surface area contributed by atoms with Gasteiger partial charge in [-0.05, 0) is 142 Å². The minimum atomic E-state index is -0.204. The molecule has 0 radical (unpaired) electrons. The highest BCUT2D eigenvalue weighted by Gasteiger charge is 2.22. The number of hydrogen-bond acceptors (Lipinski definition) is 21. The average Bonchev–Trinajstić information content (AvgIpc) is 4.37. The van der Waals surface area contributed by atoms with Crippen molar-refractivity contribution in [3.63, 3.8) is 0 Å². The Balaban J connectivity index is 0.000000139. The number of aryl methyl sites for hydroxylation is 6. The fourth-order valence-corrected chi connectivity index (χ4v) is 12.8. The number of aliphatic hydroxyl groups is 1. The van der Waals surface area contributed by atoms with Gasteiger partial charge in [-0.2, -0.15) is 0 Å². The summed E-state index contributed by atoms with van der Waals surface area (Å²) in [6.45, 7) is 28.1. The fourth-order valence-electron chi connectivity index (χ4n) is 10.3. The molecule has 18 nitrogen and oxygen atoms in total. The van der Waals surface area contributed by atoms with Gasteiger partial charge in [0.15, 0.2) is 0 Å². The summed E-state index contributed by atoms with van der Waals surface area (Å²) in [5.41, 5.74) is 15.4. The third-order valence-corrected chi connectivity index (χ3v) is 16.7. The number of aromatic nitrogens is 9. The van der Waals surface area contributed by atoms with E-state index in [0.717, 1.165) is 164 Å². The molecule has 3 fully saturated rings. The number of ether oxygens (including phenoxy) is 1. The summed E-state index contributed by atoms with van der Waals surface area (Å²) in [6.07, 6.45) is 5.95. The first-order valence-corrected chi connectivity index (χ1v) is 31.0. The van der Waals surface area contributed by atoms with Gasteiger partial charge < -0.3 is 30.7 Å². The first kappa shape index (κ1) is 59.1.